The molecule has 1 aliphatic heterocycles. The first-order chi connectivity index (χ1) is 14.1. The molecule has 7 heteroatoms. The predicted molar refractivity (Wildman–Crippen MR) is 113 cm³/mol. The summed E-state index contributed by atoms with van der Waals surface area (Å²) in [5.41, 5.74) is 1.94. The van der Waals surface area contributed by atoms with Gasteiger partial charge >= 0.3 is 0 Å². The fourth-order valence-electron chi connectivity index (χ4n) is 2.91. The number of hydrogen-bond donors (Lipinski definition) is 1. The van der Waals surface area contributed by atoms with E-state index >= 15 is 0 Å². The van der Waals surface area contributed by atoms with Crippen LogP contribution >= 0.6 is 11.8 Å². The van der Waals surface area contributed by atoms with E-state index in [1.165, 1.54) is 11.8 Å². The van der Waals surface area contributed by atoms with Crippen LogP contribution in [-0.2, 0) is 16.1 Å². The van der Waals surface area contributed by atoms with Crippen molar-refractivity contribution in [2.24, 2.45) is 4.99 Å². The van der Waals surface area contributed by atoms with Gasteiger partial charge in [0.2, 0.25) is 0 Å². The first kappa shape index (κ1) is 19.0. The monoisotopic (exact) mass is 406 g/mol. The van der Waals surface area contributed by atoms with Crippen LogP contribution in [0.2, 0.25) is 0 Å². The molecule has 2 aromatic rings. The lowest BCUT2D eigenvalue weighted by Crippen LogP contribution is -2.29. The maximum absolute atomic E-state index is 12.5. The molecule has 1 aromatic carbocycles. The van der Waals surface area contributed by atoms with Crippen LogP contribution in [0, 0.1) is 0 Å². The Hall–Kier alpha value is -3.32. The van der Waals surface area contributed by atoms with Gasteiger partial charge in [-0.05, 0) is 42.0 Å². The topological polar surface area (TPSA) is 80.9 Å². The molecule has 1 unspecified atom stereocenters. The van der Waals surface area contributed by atoms with Gasteiger partial charge in [0.15, 0.2) is 0 Å². The number of carbonyl (C=O) groups is 2. The van der Waals surface area contributed by atoms with Crippen molar-refractivity contribution >= 4 is 35.4 Å². The van der Waals surface area contributed by atoms with E-state index in [9.17, 15) is 9.59 Å². The summed E-state index contributed by atoms with van der Waals surface area (Å²) in [4.78, 5) is 29.6. The lowest BCUT2D eigenvalue weighted by molar-refractivity contribution is -0.117. The fraction of sp³-hybridized carbons (Fsp3) is 0.136. The number of benzene rings is 1. The van der Waals surface area contributed by atoms with E-state index in [4.69, 9.17) is 9.15 Å². The zero-order valence-corrected chi connectivity index (χ0v) is 16.4. The largest absolute Gasteiger partial charge is 0.497 e. The van der Waals surface area contributed by atoms with Crippen molar-refractivity contribution in [2.75, 3.05) is 7.11 Å². The molecule has 0 spiro atoms. The molecule has 1 aromatic heterocycles. The Morgan fingerprint density at radius 3 is 2.86 bits per heavy atom. The van der Waals surface area contributed by atoms with Crippen LogP contribution < -0.4 is 10.1 Å². The third kappa shape index (κ3) is 4.41. The van der Waals surface area contributed by atoms with E-state index in [0.717, 1.165) is 11.3 Å². The number of rotatable bonds is 5. The molecule has 2 amide bonds. The van der Waals surface area contributed by atoms with Crippen molar-refractivity contribution in [3.63, 3.8) is 0 Å². The van der Waals surface area contributed by atoms with Gasteiger partial charge in [-0.3, -0.25) is 9.59 Å². The minimum atomic E-state index is -0.307. The quantitative estimate of drug-likeness (QED) is 0.769. The number of allylic oxidation sites excluding steroid dienone is 1. The van der Waals surface area contributed by atoms with Gasteiger partial charge in [0, 0.05) is 5.57 Å². The van der Waals surface area contributed by atoms with Gasteiger partial charge in [-0.15, -0.1) is 11.8 Å². The van der Waals surface area contributed by atoms with Crippen LogP contribution in [0.1, 0.15) is 11.3 Å². The molecule has 2 heterocycles. The number of nitrogens with one attached hydrogen (secondary N) is 1. The van der Waals surface area contributed by atoms with Crippen molar-refractivity contribution in [3.05, 3.63) is 82.7 Å². The smallest absolute Gasteiger partial charge is 0.283 e. The molecule has 0 saturated heterocycles. The second kappa shape index (κ2) is 8.36. The number of ether oxygens (including phenoxy) is 1. The Labute approximate surface area is 172 Å². The average molecular weight is 406 g/mol. The maximum Gasteiger partial charge on any atom is 0.283 e. The number of thioether (sulfide) groups is 1. The highest BCUT2D eigenvalue weighted by Crippen LogP contribution is 2.34. The number of furan rings is 1. The second-order valence-corrected chi connectivity index (χ2v) is 7.57. The Bertz CT molecular complexity index is 1050. The second-order valence-electron chi connectivity index (χ2n) is 6.38. The molecule has 2 aliphatic rings. The number of fused-ring (bicyclic) bond motifs is 1. The van der Waals surface area contributed by atoms with Gasteiger partial charge in [-0.1, -0.05) is 24.3 Å². The van der Waals surface area contributed by atoms with Gasteiger partial charge in [-0.25, -0.2) is 4.99 Å². The third-order valence-corrected chi connectivity index (χ3v) is 5.62. The standard InChI is InChI=1S/C22H18N2O4S/c1-27-16-7-4-14(5-8-16)11-20-22(26)24-18-12-15(6-9-19(18)29-20)21(25)23-13-17-3-2-10-28-17/h2-12,19H,13H2,1H3,(H,23,25)/b20-11+. The first-order valence-electron chi connectivity index (χ1n) is 8.98. The normalized spacial score (nSPS) is 19.4. The summed E-state index contributed by atoms with van der Waals surface area (Å²) in [5.74, 6) is 0.883. The summed E-state index contributed by atoms with van der Waals surface area (Å²) >= 11 is 1.42. The lowest BCUT2D eigenvalue weighted by atomic mass is 10.0. The Kier molecular flexibility index (Phi) is 5.48. The minimum absolute atomic E-state index is 0.0983. The zero-order valence-electron chi connectivity index (χ0n) is 15.6. The van der Waals surface area contributed by atoms with E-state index < -0.39 is 0 Å². The van der Waals surface area contributed by atoms with Gasteiger partial charge < -0.3 is 14.5 Å². The van der Waals surface area contributed by atoms with Gasteiger partial charge in [0.1, 0.15) is 11.5 Å². The van der Waals surface area contributed by atoms with Gasteiger partial charge in [-0.2, -0.15) is 0 Å². The molecule has 0 fully saturated rings. The van der Waals surface area contributed by atoms with Crippen LogP contribution in [0.4, 0.5) is 0 Å². The van der Waals surface area contributed by atoms with Crippen molar-refractivity contribution < 1.29 is 18.7 Å². The molecule has 1 aliphatic carbocycles. The highest BCUT2D eigenvalue weighted by Gasteiger charge is 2.28. The van der Waals surface area contributed by atoms with E-state index in [-0.39, 0.29) is 17.1 Å². The third-order valence-electron chi connectivity index (χ3n) is 4.42. The molecular formula is C22H18N2O4S. The van der Waals surface area contributed by atoms with Crippen molar-refractivity contribution in [1.82, 2.24) is 5.32 Å². The molecule has 1 atom stereocenters. The number of nitrogens with zero attached hydrogens (tertiary/aromatic N) is 1. The van der Waals surface area contributed by atoms with Gasteiger partial charge in [0.25, 0.3) is 11.8 Å². The number of carbonyl (C=O) groups excluding carboxylic acids is 2. The van der Waals surface area contributed by atoms with Crippen LogP contribution in [0.15, 0.2) is 80.8 Å². The number of aliphatic imine (C=N–C) groups is 1. The van der Waals surface area contributed by atoms with Crippen LogP contribution in [0.25, 0.3) is 6.08 Å². The summed E-state index contributed by atoms with van der Waals surface area (Å²) in [6.07, 6.45) is 8.68. The molecule has 0 saturated carbocycles. The van der Waals surface area contributed by atoms with E-state index in [1.54, 1.807) is 37.7 Å². The Morgan fingerprint density at radius 1 is 1.31 bits per heavy atom. The highest BCUT2D eigenvalue weighted by atomic mass is 32.2. The van der Waals surface area contributed by atoms with Crippen molar-refractivity contribution in [2.45, 2.75) is 11.8 Å². The molecular weight excluding hydrogens is 388 g/mol. The van der Waals surface area contributed by atoms with Gasteiger partial charge in [0.05, 0.1) is 35.8 Å². The van der Waals surface area contributed by atoms with E-state index in [0.29, 0.717) is 28.5 Å². The zero-order chi connectivity index (χ0) is 20.2. The van der Waals surface area contributed by atoms with Crippen molar-refractivity contribution in [3.8, 4) is 5.75 Å². The summed E-state index contributed by atoms with van der Waals surface area (Å²) in [6.45, 7) is 0.301. The van der Waals surface area contributed by atoms with Crippen molar-refractivity contribution in [1.29, 1.82) is 0 Å². The lowest BCUT2D eigenvalue weighted by Gasteiger charge is -2.22. The highest BCUT2D eigenvalue weighted by molar-refractivity contribution is 8.05. The molecule has 0 radical (unpaired) electrons. The van der Waals surface area contributed by atoms with E-state index in [1.807, 2.05) is 36.4 Å². The Morgan fingerprint density at radius 2 is 2.14 bits per heavy atom. The number of methoxy groups -OCH3 is 1. The molecule has 0 bridgehead atoms. The SMILES string of the molecule is COc1ccc(/C=C2/SC3C=CC(C(=O)NCc4ccco4)=CC3=NC2=O)cc1. The summed E-state index contributed by atoms with van der Waals surface area (Å²) in [5, 5.41) is 2.69. The molecule has 6 nitrogen and oxygen atoms in total. The molecule has 1 N–H and O–H groups in total. The van der Waals surface area contributed by atoms with Crippen LogP contribution in [0.5, 0.6) is 5.75 Å². The number of amides is 2. The summed E-state index contributed by atoms with van der Waals surface area (Å²) < 4.78 is 10.4. The summed E-state index contributed by atoms with van der Waals surface area (Å²) in [7, 11) is 1.61. The number of hydrogen-bond acceptors (Lipinski definition) is 5. The maximum atomic E-state index is 12.5. The van der Waals surface area contributed by atoms with Crippen LogP contribution in [0.3, 0.4) is 0 Å². The predicted octanol–water partition coefficient (Wildman–Crippen LogP) is 3.52. The Balaban J connectivity index is 1.47. The molecule has 146 valence electrons. The first-order valence-corrected chi connectivity index (χ1v) is 9.86. The fourth-order valence-corrected chi connectivity index (χ4v) is 3.93. The molecule has 29 heavy (non-hydrogen) atoms. The average Bonchev–Trinajstić information content (AvgIpc) is 3.26. The van der Waals surface area contributed by atoms with E-state index in [2.05, 4.69) is 10.3 Å². The molecule has 4 rings (SSSR count). The minimum Gasteiger partial charge on any atom is -0.497 e. The summed E-state index contributed by atoms with van der Waals surface area (Å²) in [6, 6.07) is 11.0. The van der Waals surface area contributed by atoms with Crippen LogP contribution in [-0.4, -0.2) is 29.9 Å².